The predicted octanol–water partition coefficient (Wildman–Crippen LogP) is 3.10. The number of esters is 1. The van der Waals surface area contributed by atoms with Crippen LogP contribution < -0.4 is 0 Å². The first kappa shape index (κ1) is 13.3. The lowest BCUT2D eigenvalue weighted by Crippen LogP contribution is -2.03. The van der Waals surface area contributed by atoms with Crippen LogP contribution in [0.4, 0.5) is 0 Å². The van der Waals surface area contributed by atoms with Crippen LogP contribution in [0.2, 0.25) is 0 Å². The van der Waals surface area contributed by atoms with Crippen LogP contribution in [0, 0.1) is 27.7 Å². The highest BCUT2D eigenvalue weighted by Crippen LogP contribution is 2.30. The summed E-state index contributed by atoms with van der Waals surface area (Å²) in [5, 5.41) is 0. The number of aromatic nitrogens is 2. The van der Waals surface area contributed by atoms with Gasteiger partial charge in [0.25, 0.3) is 0 Å². The van der Waals surface area contributed by atoms with Crippen molar-refractivity contribution in [2.75, 3.05) is 7.11 Å². The molecule has 2 aromatic rings. The molecule has 0 aliphatic carbocycles. The summed E-state index contributed by atoms with van der Waals surface area (Å²) in [7, 11) is 1.35. The fourth-order valence-electron chi connectivity index (χ4n) is 2.27. The summed E-state index contributed by atoms with van der Waals surface area (Å²) in [5.41, 5.74) is 6.81. The SMILES string of the molecule is COC(=O)c1ncc(-c2c(C)c(C)cc(C)c2C)[nH]1. The Balaban J connectivity index is 2.59. The van der Waals surface area contributed by atoms with Crippen LogP contribution in [-0.4, -0.2) is 23.0 Å². The van der Waals surface area contributed by atoms with Crippen molar-refractivity contribution in [3.8, 4) is 11.3 Å². The molecular formula is C15H18N2O2. The molecule has 0 amide bonds. The van der Waals surface area contributed by atoms with Gasteiger partial charge in [0, 0.05) is 5.56 Å². The van der Waals surface area contributed by atoms with E-state index in [1.807, 2.05) is 0 Å². The summed E-state index contributed by atoms with van der Waals surface area (Å²) < 4.78 is 4.66. The van der Waals surface area contributed by atoms with Crippen LogP contribution in [0.5, 0.6) is 0 Å². The van der Waals surface area contributed by atoms with E-state index in [0.29, 0.717) is 0 Å². The van der Waals surface area contributed by atoms with Crippen LogP contribution in [-0.2, 0) is 4.74 Å². The molecule has 19 heavy (non-hydrogen) atoms. The van der Waals surface area contributed by atoms with Crippen molar-refractivity contribution in [1.82, 2.24) is 9.97 Å². The van der Waals surface area contributed by atoms with Gasteiger partial charge in [-0.3, -0.25) is 0 Å². The Kier molecular flexibility index (Phi) is 3.42. The maximum absolute atomic E-state index is 11.4. The number of methoxy groups -OCH3 is 1. The normalized spacial score (nSPS) is 10.6. The van der Waals surface area contributed by atoms with E-state index in [4.69, 9.17) is 0 Å². The molecule has 1 aromatic carbocycles. The molecule has 0 saturated heterocycles. The number of imidazole rings is 1. The zero-order valence-electron chi connectivity index (χ0n) is 11.9. The maximum atomic E-state index is 11.4. The second-order valence-corrected chi connectivity index (χ2v) is 4.77. The number of carbonyl (C=O) groups is 1. The van der Waals surface area contributed by atoms with Crippen molar-refractivity contribution in [1.29, 1.82) is 0 Å². The highest BCUT2D eigenvalue weighted by Gasteiger charge is 2.15. The van der Waals surface area contributed by atoms with Gasteiger partial charge in [0.05, 0.1) is 19.0 Å². The average Bonchev–Trinajstić information content (AvgIpc) is 2.85. The van der Waals surface area contributed by atoms with E-state index >= 15 is 0 Å². The van der Waals surface area contributed by atoms with E-state index in [9.17, 15) is 4.79 Å². The van der Waals surface area contributed by atoms with Crippen molar-refractivity contribution in [2.45, 2.75) is 27.7 Å². The summed E-state index contributed by atoms with van der Waals surface area (Å²) in [6.45, 7) is 8.33. The molecular weight excluding hydrogens is 240 g/mol. The molecule has 2 rings (SSSR count). The van der Waals surface area contributed by atoms with Crippen molar-refractivity contribution >= 4 is 5.97 Å². The molecule has 0 fully saturated rings. The van der Waals surface area contributed by atoms with Gasteiger partial charge < -0.3 is 9.72 Å². The molecule has 100 valence electrons. The highest BCUT2D eigenvalue weighted by atomic mass is 16.5. The van der Waals surface area contributed by atoms with E-state index in [1.54, 1.807) is 6.20 Å². The first-order valence-corrected chi connectivity index (χ1v) is 6.16. The topological polar surface area (TPSA) is 55.0 Å². The minimum atomic E-state index is -0.453. The van der Waals surface area contributed by atoms with Gasteiger partial charge in [0.1, 0.15) is 0 Å². The van der Waals surface area contributed by atoms with Crippen LogP contribution >= 0.6 is 0 Å². The minimum Gasteiger partial charge on any atom is -0.463 e. The van der Waals surface area contributed by atoms with E-state index in [-0.39, 0.29) is 5.82 Å². The first-order valence-electron chi connectivity index (χ1n) is 6.16. The third-order valence-electron chi connectivity index (χ3n) is 3.59. The van der Waals surface area contributed by atoms with Gasteiger partial charge in [0.2, 0.25) is 5.82 Å². The number of carbonyl (C=O) groups excluding carboxylic acids is 1. The van der Waals surface area contributed by atoms with Gasteiger partial charge >= 0.3 is 5.97 Å². The lowest BCUT2D eigenvalue weighted by atomic mass is 9.93. The fourth-order valence-corrected chi connectivity index (χ4v) is 2.27. The standard InChI is InChI=1S/C15H18N2O2/c1-8-6-9(2)11(4)13(10(8)3)12-7-16-14(17-12)15(18)19-5/h6-7H,1-5H3,(H,16,17). The summed E-state index contributed by atoms with van der Waals surface area (Å²) >= 11 is 0. The molecule has 1 heterocycles. The quantitative estimate of drug-likeness (QED) is 0.842. The second-order valence-electron chi connectivity index (χ2n) is 4.77. The number of aryl methyl sites for hydroxylation is 2. The summed E-state index contributed by atoms with van der Waals surface area (Å²) in [6.07, 6.45) is 1.68. The molecule has 0 atom stereocenters. The van der Waals surface area contributed by atoms with E-state index in [0.717, 1.165) is 11.3 Å². The van der Waals surface area contributed by atoms with Gasteiger partial charge in [-0.25, -0.2) is 9.78 Å². The van der Waals surface area contributed by atoms with Gasteiger partial charge in [-0.15, -0.1) is 0 Å². The van der Waals surface area contributed by atoms with Gasteiger partial charge in [0.15, 0.2) is 0 Å². The predicted molar refractivity (Wildman–Crippen MR) is 74.3 cm³/mol. The Morgan fingerprint density at radius 2 is 1.74 bits per heavy atom. The zero-order valence-corrected chi connectivity index (χ0v) is 11.9. The number of H-pyrrole nitrogens is 1. The number of aromatic amines is 1. The monoisotopic (exact) mass is 258 g/mol. The largest absolute Gasteiger partial charge is 0.463 e. The Hall–Kier alpha value is -2.10. The molecule has 0 aliphatic rings. The summed E-state index contributed by atoms with van der Waals surface area (Å²) in [5.74, 6) is -0.221. The smallest absolute Gasteiger partial charge is 0.374 e. The number of hydrogen-bond donors (Lipinski definition) is 1. The van der Waals surface area contributed by atoms with E-state index in [1.165, 1.54) is 29.4 Å². The van der Waals surface area contributed by atoms with Gasteiger partial charge in [-0.1, -0.05) is 6.07 Å². The Morgan fingerprint density at radius 1 is 1.16 bits per heavy atom. The third-order valence-corrected chi connectivity index (χ3v) is 3.59. The number of rotatable bonds is 2. The fraction of sp³-hybridized carbons (Fsp3) is 0.333. The maximum Gasteiger partial charge on any atom is 0.374 e. The first-order chi connectivity index (χ1) is 8.95. The van der Waals surface area contributed by atoms with Crippen molar-refractivity contribution in [3.05, 3.63) is 40.3 Å². The lowest BCUT2D eigenvalue weighted by molar-refractivity contribution is 0.0588. The van der Waals surface area contributed by atoms with Crippen molar-refractivity contribution in [2.24, 2.45) is 0 Å². The van der Waals surface area contributed by atoms with Crippen molar-refractivity contribution in [3.63, 3.8) is 0 Å². The number of nitrogens with zero attached hydrogens (tertiary/aromatic N) is 1. The molecule has 1 aromatic heterocycles. The zero-order chi connectivity index (χ0) is 14.2. The summed E-state index contributed by atoms with van der Waals surface area (Å²) in [6, 6.07) is 2.17. The molecule has 0 spiro atoms. The lowest BCUT2D eigenvalue weighted by Gasteiger charge is -2.13. The number of benzene rings is 1. The molecule has 4 heteroatoms. The molecule has 0 bridgehead atoms. The highest BCUT2D eigenvalue weighted by molar-refractivity contribution is 5.86. The molecule has 0 radical (unpaired) electrons. The number of hydrogen-bond acceptors (Lipinski definition) is 3. The Morgan fingerprint density at radius 3 is 2.26 bits per heavy atom. The third kappa shape index (κ3) is 2.26. The minimum absolute atomic E-state index is 0.232. The number of ether oxygens (including phenoxy) is 1. The second kappa shape index (κ2) is 4.88. The van der Waals surface area contributed by atoms with E-state index < -0.39 is 5.97 Å². The molecule has 0 saturated carbocycles. The van der Waals surface area contributed by atoms with E-state index in [2.05, 4.69) is 48.5 Å². The van der Waals surface area contributed by atoms with Crippen LogP contribution in [0.15, 0.2) is 12.3 Å². The number of nitrogens with one attached hydrogen (secondary N) is 1. The summed E-state index contributed by atoms with van der Waals surface area (Å²) in [4.78, 5) is 18.6. The Labute approximate surface area is 112 Å². The Bertz CT molecular complexity index is 616. The molecule has 4 nitrogen and oxygen atoms in total. The average molecular weight is 258 g/mol. The molecule has 1 N–H and O–H groups in total. The molecule has 0 unspecified atom stereocenters. The van der Waals surface area contributed by atoms with Gasteiger partial charge in [-0.05, 0) is 49.9 Å². The molecule has 0 aliphatic heterocycles. The van der Waals surface area contributed by atoms with Crippen LogP contribution in [0.1, 0.15) is 32.9 Å². The van der Waals surface area contributed by atoms with Crippen molar-refractivity contribution < 1.29 is 9.53 Å². The van der Waals surface area contributed by atoms with Crippen LogP contribution in [0.3, 0.4) is 0 Å². The van der Waals surface area contributed by atoms with Crippen LogP contribution in [0.25, 0.3) is 11.3 Å². The van der Waals surface area contributed by atoms with Gasteiger partial charge in [-0.2, -0.15) is 0 Å².